The minimum atomic E-state index is -4.24. The Kier molecular flexibility index (Phi) is 9.48. The van der Waals surface area contributed by atoms with Gasteiger partial charge in [0.25, 0.3) is 0 Å². The van der Waals surface area contributed by atoms with Crippen molar-refractivity contribution in [3.8, 4) is 11.1 Å². The number of hydrogen-bond acceptors (Lipinski definition) is 8. The normalized spacial score (nSPS) is 22.6. The fourth-order valence-electron chi connectivity index (χ4n) is 6.22. The van der Waals surface area contributed by atoms with Gasteiger partial charge in [0.1, 0.15) is 5.65 Å². The lowest BCUT2D eigenvalue weighted by Crippen LogP contribution is -2.50. The van der Waals surface area contributed by atoms with Crippen LogP contribution in [0.1, 0.15) is 43.7 Å². The van der Waals surface area contributed by atoms with Crippen LogP contribution in [0.15, 0.2) is 36.7 Å². The molecule has 3 aliphatic rings. The molecule has 1 aliphatic carbocycles. The molecule has 6 rings (SSSR count). The second-order valence-electron chi connectivity index (χ2n) is 12.1. The Labute approximate surface area is 250 Å². The maximum atomic E-state index is 12.7. The smallest absolute Gasteiger partial charge is 0.390 e. The molecule has 0 bridgehead atoms. The highest BCUT2D eigenvalue weighted by Gasteiger charge is 2.27. The van der Waals surface area contributed by atoms with Gasteiger partial charge >= 0.3 is 6.18 Å². The molecule has 2 saturated heterocycles. The molecule has 43 heavy (non-hydrogen) atoms. The van der Waals surface area contributed by atoms with Crippen LogP contribution in [0.25, 0.3) is 22.2 Å². The summed E-state index contributed by atoms with van der Waals surface area (Å²) in [6.45, 7) is 8.53. The van der Waals surface area contributed by atoms with Gasteiger partial charge in [0.15, 0.2) is 0 Å². The molecule has 0 amide bonds. The Morgan fingerprint density at radius 2 is 1.72 bits per heavy atom. The van der Waals surface area contributed by atoms with E-state index < -0.39 is 12.6 Å². The van der Waals surface area contributed by atoms with E-state index in [1.807, 2.05) is 0 Å². The fraction of sp³-hybridized carbons (Fsp3) is 0.613. The van der Waals surface area contributed by atoms with Crippen LogP contribution in [0.5, 0.6) is 0 Å². The standard InChI is InChI=1S/C31H42F3N7O2/c32-31(33,34)9-10-36-30-37-19-27-28(21-41(29(27)38-30)24-5-7-25(42)8-6-24)23-3-1-22(2-4-23)20-40-13-11-39(12-14-40)15-16-43-26-17-35-18-26/h1-4,19,21,24-26,35,42H,5-18,20H2,(H,36,37,38). The Morgan fingerprint density at radius 1 is 1.00 bits per heavy atom. The monoisotopic (exact) mass is 601 g/mol. The van der Waals surface area contributed by atoms with Crippen molar-refractivity contribution in [2.45, 2.75) is 63.1 Å². The van der Waals surface area contributed by atoms with Crippen molar-refractivity contribution in [1.29, 1.82) is 0 Å². The third-order valence-corrected chi connectivity index (χ3v) is 8.96. The van der Waals surface area contributed by atoms with Gasteiger partial charge in [-0.1, -0.05) is 24.3 Å². The first kappa shape index (κ1) is 30.3. The number of piperazine rings is 1. The first-order valence-electron chi connectivity index (χ1n) is 15.5. The van der Waals surface area contributed by atoms with Crippen LogP contribution in [0.2, 0.25) is 0 Å². The van der Waals surface area contributed by atoms with Crippen molar-refractivity contribution in [3.63, 3.8) is 0 Å². The van der Waals surface area contributed by atoms with Crippen molar-refractivity contribution < 1.29 is 23.0 Å². The molecule has 4 heterocycles. The average Bonchev–Trinajstić information content (AvgIpc) is 3.34. The summed E-state index contributed by atoms with van der Waals surface area (Å²) in [4.78, 5) is 14.0. The van der Waals surface area contributed by atoms with Gasteiger partial charge in [0.2, 0.25) is 5.95 Å². The van der Waals surface area contributed by atoms with Gasteiger partial charge in [0, 0.05) is 88.3 Å². The molecule has 1 saturated carbocycles. The van der Waals surface area contributed by atoms with Crippen molar-refractivity contribution in [2.75, 3.05) is 64.3 Å². The number of anilines is 1. The zero-order valence-electron chi connectivity index (χ0n) is 24.5. The lowest BCUT2D eigenvalue weighted by molar-refractivity contribution is -0.131. The van der Waals surface area contributed by atoms with E-state index in [2.05, 4.69) is 65.4 Å². The molecule has 234 valence electrons. The van der Waals surface area contributed by atoms with Crippen LogP contribution in [0.4, 0.5) is 19.1 Å². The van der Waals surface area contributed by atoms with E-state index in [0.717, 1.165) is 101 Å². The lowest BCUT2D eigenvalue weighted by Gasteiger charge is -2.35. The lowest BCUT2D eigenvalue weighted by atomic mass is 9.93. The zero-order chi connectivity index (χ0) is 29.8. The molecule has 0 spiro atoms. The third-order valence-electron chi connectivity index (χ3n) is 8.96. The molecule has 3 fully saturated rings. The van der Waals surface area contributed by atoms with Crippen LogP contribution in [-0.2, 0) is 11.3 Å². The van der Waals surface area contributed by atoms with Crippen molar-refractivity contribution in [2.24, 2.45) is 0 Å². The number of fused-ring (bicyclic) bond motifs is 1. The van der Waals surface area contributed by atoms with Crippen LogP contribution < -0.4 is 10.6 Å². The summed E-state index contributed by atoms with van der Waals surface area (Å²) in [6.07, 6.45) is 1.81. The van der Waals surface area contributed by atoms with Crippen molar-refractivity contribution in [1.82, 2.24) is 29.7 Å². The molecular weight excluding hydrogens is 559 g/mol. The molecule has 1 aromatic carbocycles. The summed E-state index contributed by atoms with van der Waals surface area (Å²) in [6, 6.07) is 8.79. The summed E-state index contributed by atoms with van der Waals surface area (Å²) in [5.41, 5.74) is 4.02. The molecule has 12 heteroatoms. The van der Waals surface area contributed by atoms with Gasteiger partial charge in [-0.2, -0.15) is 18.2 Å². The summed E-state index contributed by atoms with van der Waals surface area (Å²) >= 11 is 0. The molecule has 2 aromatic heterocycles. The van der Waals surface area contributed by atoms with Crippen LogP contribution in [-0.4, -0.2) is 107 Å². The quantitative estimate of drug-likeness (QED) is 0.304. The highest BCUT2D eigenvalue weighted by Crippen LogP contribution is 2.37. The van der Waals surface area contributed by atoms with E-state index in [9.17, 15) is 18.3 Å². The largest absolute Gasteiger partial charge is 0.393 e. The number of rotatable bonds is 11. The molecular formula is C31H42F3N7O2. The fourth-order valence-corrected chi connectivity index (χ4v) is 6.22. The highest BCUT2D eigenvalue weighted by atomic mass is 19.4. The van der Waals surface area contributed by atoms with Gasteiger partial charge < -0.3 is 25.0 Å². The first-order chi connectivity index (χ1) is 20.8. The number of nitrogens with one attached hydrogen (secondary N) is 2. The highest BCUT2D eigenvalue weighted by molar-refractivity contribution is 5.94. The second-order valence-corrected chi connectivity index (χ2v) is 12.1. The number of hydrogen-bond donors (Lipinski definition) is 3. The van der Waals surface area contributed by atoms with E-state index in [1.54, 1.807) is 6.20 Å². The Balaban J connectivity index is 1.12. The summed E-state index contributed by atoms with van der Waals surface area (Å²) in [5.74, 6) is 0.192. The van der Waals surface area contributed by atoms with Crippen molar-refractivity contribution >= 4 is 17.0 Å². The van der Waals surface area contributed by atoms with Gasteiger partial charge in [-0.15, -0.1) is 0 Å². The molecule has 0 atom stereocenters. The second kappa shape index (κ2) is 13.5. The third kappa shape index (κ3) is 7.85. The van der Waals surface area contributed by atoms with Crippen molar-refractivity contribution in [3.05, 3.63) is 42.2 Å². The number of benzene rings is 1. The predicted octanol–water partition coefficient (Wildman–Crippen LogP) is 4.04. The van der Waals surface area contributed by atoms with Gasteiger partial charge in [0.05, 0.1) is 25.2 Å². The zero-order valence-corrected chi connectivity index (χ0v) is 24.5. The molecule has 3 aromatic rings. The molecule has 0 unspecified atom stereocenters. The number of alkyl halides is 3. The van der Waals surface area contributed by atoms with Gasteiger partial charge in [-0.05, 0) is 36.8 Å². The van der Waals surface area contributed by atoms with Gasteiger partial charge in [-0.3, -0.25) is 9.80 Å². The van der Waals surface area contributed by atoms with Crippen LogP contribution >= 0.6 is 0 Å². The molecule has 9 nitrogen and oxygen atoms in total. The SMILES string of the molecule is OC1CCC(n2cc(-c3ccc(CN4CCN(CCOC5CNC5)CC4)cc3)c3cnc(NCCC(F)(F)F)nc32)CC1. The number of nitrogens with zero attached hydrogens (tertiary/aromatic N) is 5. The van der Waals surface area contributed by atoms with E-state index in [4.69, 9.17) is 4.74 Å². The first-order valence-corrected chi connectivity index (χ1v) is 15.5. The summed E-state index contributed by atoms with van der Waals surface area (Å²) < 4.78 is 46.0. The van der Waals surface area contributed by atoms with Crippen LogP contribution in [0.3, 0.4) is 0 Å². The number of halogens is 3. The minimum absolute atomic E-state index is 0.164. The number of aliphatic hydroxyl groups excluding tert-OH is 1. The molecule has 2 aliphatic heterocycles. The maximum Gasteiger partial charge on any atom is 0.390 e. The Bertz CT molecular complexity index is 1330. The Morgan fingerprint density at radius 3 is 2.40 bits per heavy atom. The van der Waals surface area contributed by atoms with E-state index >= 15 is 0 Å². The van der Waals surface area contributed by atoms with E-state index in [-0.39, 0.29) is 24.6 Å². The molecule has 0 radical (unpaired) electrons. The van der Waals surface area contributed by atoms with Gasteiger partial charge in [-0.25, -0.2) is 4.98 Å². The van der Waals surface area contributed by atoms with E-state index in [0.29, 0.717) is 11.8 Å². The maximum absolute atomic E-state index is 12.7. The number of ether oxygens (including phenoxy) is 1. The topological polar surface area (TPSA) is 90.7 Å². The van der Waals surface area contributed by atoms with Crippen LogP contribution in [0, 0.1) is 0 Å². The number of aliphatic hydroxyl groups is 1. The minimum Gasteiger partial charge on any atom is -0.393 e. The Hall–Kier alpha value is -2.77. The predicted molar refractivity (Wildman–Crippen MR) is 160 cm³/mol. The molecule has 3 N–H and O–H groups in total. The summed E-state index contributed by atoms with van der Waals surface area (Å²) in [7, 11) is 0. The summed E-state index contributed by atoms with van der Waals surface area (Å²) in [5, 5.41) is 16.9. The van der Waals surface area contributed by atoms with E-state index in [1.165, 1.54) is 5.56 Å². The average molecular weight is 602 g/mol. The number of aromatic nitrogens is 3.